The van der Waals surface area contributed by atoms with Gasteiger partial charge in [0.05, 0.1) is 0 Å². The van der Waals surface area contributed by atoms with Gasteiger partial charge in [-0.1, -0.05) is 50.4 Å². The van der Waals surface area contributed by atoms with E-state index in [4.69, 9.17) is 11.6 Å². The molecule has 3 heteroatoms. The maximum absolute atomic E-state index is 5.99. The molecule has 1 aromatic rings. The Hall–Kier alpha value is -0.570. The topological polar surface area (TPSA) is 15.3 Å². The van der Waals surface area contributed by atoms with Gasteiger partial charge in [-0.05, 0) is 63.1 Å². The van der Waals surface area contributed by atoms with Crippen molar-refractivity contribution in [1.29, 1.82) is 0 Å². The highest BCUT2D eigenvalue weighted by atomic mass is 35.5. The number of halogens is 1. The lowest BCUT2D eigenvalue weighted by Gasteiger charge is -2.21. The Morgan fingerprint density at radius 1 is 1.00 bits per heavy atom. The van der Waals surface area contributed by atoms with Crippen LogP contribution in [0.1, 0.15) is 51.5 Å². The van der Waals surface area contributed by atoms with Gasteiger partial charge in [0, 0.05) is 11.6 Å². The molecule has 0 saturated heterocycles. The summed E-state index contributed by atoms with van der Waals surface area (Å²) in [5.74, 6) is 0. The summed E-state index contributed by atoms with van der Waals surface area (Å²) in [6.45, 7) is 10.2. The maximum Gasteiger partial charge on any atom is 0.0409 e. The van der Waals surface area contributed by atoms with Crippen molar-refractivity contribution in [3.05, 3.63) is 34.9 Å². The molecule has 0 spiro atoms. The van der Waals surface area contributed by atoms with Crippen molar-refractivity contribution in [3.8, 4) is 0 Å². The van der Waals surface area contributed by atoms with Crippen LogP contribution in [0.4, 0.5) is 0 Å². The molecule has 0 aromatic heterocycles. The lowest BCUT2D eigenvalue weighted by molar-refractivity contribution is 0.261. The first-order chi connectivity index (χ1) is 10.3. The van der Waals surface area contributed by atoms with Gasteiger partial charge in [0.1, 0.15) is 0 Å². The van der Waals surface area contributed by atoms with Crippen LogP contribution in [0.3, 0.4) is 0 Å². The molecule has 21 heavy (non-hydrogen) atoms. The smallest absolute Gasteiger partial charge is 0.0409 e. The second-order valence-electron chi connectivity index (χ2n) is 5.71. The van der Waals surface area contributed by atoms with E-state index < -0.39 is 0 Å². The molecule has 0 aliphatic rings. The molecule has 0 radical (unpaired) electrons. The molecular formula is C18H31ClN2. The van der Waals surface area contributed by atoms with Crippen molar-refractivity contribution in [2.75, 3.05) is 26.2 Å². The van der Waals surface area contributed by atoms with Crippen molar-refractivity contribution < 1.29 is 0 Å². The summed E-state index contributed by atoms with van der Waals surface area (Å²) in [5, 5.41) is 4.33. The summed E-state index contributed by atoms with van der Waals surface area (Å²) < 4.78 is 0. The number of rotatable bonds is 12. The Balaban J connectivity index is 2.15. The molecule has 0 atom stereocenters. The van der Waals surface area contributed by atoms with Gasteiger partial charge in [-0.15, -0.1) is 0 Å². The van der Waals surface area contributed by atoms with Crippen molar-refractivity contribution in [1.82, 2.24) is 10.2 Å². The molecule has 0 heterocycles. The van der Waals surface area contributed by atoms with Crippen molar-refractivity contribution in [3.63, 3.8) is 0 Å². The molecule has 1 N–H and O–H groups in total. The minimum Gasteiger partial charge on any atom is -0.313 e. The van der Waals surface area contributed by atoms with Gasteiger partial charge in [-0.25, -0.2) is 0 Å². The van der Waals surface area contributed by atoms with Crippen LogP contribution in [0.2, 0.25) is 5.02 Å². The normalized spacial score (nSPS) is 11.2. The summed E-state index contributed by atoms with van der Waals surface area (Å²) in [6.07, 6.45) is 6.43. The molecule has 0 unspecified atom stereocenters. The van der Waals surface area contributed by atoms with E-state index in [9.17, 15) is 0 Å². The summed E-state index contributed by atoms with van der Waals surface area (Å²) >= 11 is 5.99. The highest BCUT2D eigenvalue weighted by Gasteiger charge is 2.03. The fourth-order valence-corrected chi connectivity index (χ4v) is 2.62. The molecule has 2 nitrogen and oxygen atoms in total. The zero-order valence-corrected chi connectivity index (χ0v) is 14.5. The van der Waals surface area contributed by atoms with E-state index >= 15 is 0 Å². The van der Waals surface area contributed by atoms with Gasteiger partial charge >= 0.3 is 0 Å². The SMILES string of the molecule is CCCCN(CCCC)CCCNCc1cccc(Cl)c1. The van der Waals surface area contributed by atoms with E-state index in [1.54, 1.807) is 0 Å². The van der Waals surface area contributed by atoms with E-state index in [1.807, 2.05) is 18.2 Å². The number of benzene rings is 1. The van der Waals surface area contributed by atoms with Crippen LogP contribution in [0, 0.1) is 0 Å². The molecule has 0 aliphatic heterocycles. The fourth-order valence-electron chi connectivity index (χ4n) is 2.41. The van der Waals surface area contributed by atoms with Crippen LogP contribution in [0.15, 0.2) is 24.3 Å². The fraction of sp³-hybridized carbons (Fsp3) is 0.667. The first-order valence-corrected chi connectivity index (χ1v) is 8.81. The Morgan fingerprint density at radius 2 is 1.67 bits per heavy atom. The van der Waals surface area contributed by atoms with E-state index in [0.29, 0.717) is 0 Å². The molecular weight excluding hydrogens is 280 g/mol. The number of unbranched alkanes of at least 4 members (excludes halogenated alkanes) is 2. The summed E-state index contributed by atoms with van der Waals surface area (Å²) in [5.41, 5.74) is 1.26. The summed E-state index contributed by atoms with van der Waals surface area (Å²) in [4.78, 5) is 2.62. The third-order valence-electron chi connectivity index (χ3n) is 3.70. The third kappa shape index (κ3) is 9.13. The van der Waals surface area contributed by atoms with E-state index in [0.717, 1.165) is 18.1 Å². The Bertz CT molecular complexity index is 360. The van der Waals surface area contributed by atoms with Gasteiger partial charge in [0.25, 0.3) is 0 Å². The highest BCUT2D eigenvalue weighted by molar-refractivity contribution is 6.30. The first kappa shape index (κ1) is 18.5. The Labute approximate surface area is 135 Å². The van der Waals surface area contributed by atoms with Gasteiger partial charge in [0.2, 0.25) is 0 Å². The quantitative estimate of drug-likeness (QED) is 0.562. The van der Waals surface area contributed by atoms with Crippen LogP contribution in [-0.4, -0.2) is 31.1 Å². The van der Waals surface area contributed by atoms with Gasteiger partial charge < -0.3 is 10.2 Å². The lowest BCUT2D eigenvalue weighted by atomic mass is 10.2. The van der Waals surface area contributed by atoms with Crippen molar-refractivity contribution >= 4 is 11.6 Å². The molecule has 0 fully saturated rings. The lowest BCUT2D eigenvalue weighted by Crippen LogP contribution is -2.29. The molecule has 1 rings (SSSR count). The minimum atomic E-state index is 0.819. The monoisotopic (exact) mass is 310 g/mol. The van der Waals surface area contributed by atoms with Gasteiger partial charge in [-0.3, -0.25) is 0 Å². The Kier molecular flexibility index (Phi) is 10.6. The molecule has 0 aliphatic carbocycles. The molecule has 0 saturated carbocycles. The van der Waals surface area contributed by atoms with Crippen LogP contribution in [0.5, 0.6) is 0 Å². The van der Waals surface area contributed by atoms with Crippen LogP contribution >= 0.6 is 11.6 Å². The van der Waals surface area contributed by atoms with Crippen molar-refractivity contribution in [2.45, 2.75) is 52.5 Å². The summed E-state index contributed by atoms with van der Waals surface area (Å²) in [7, 11) is 0. The first-order valence-electron chi connectivity index (χ1n) is 8.43. The number of nitrogens with zero attached hydrogens (tertiary/aromatic N) is 1. The van der Waals surface area contributed by atoms with Crippen LogP contribution in [0.25, 0.3) is 0 Å². The predicted octanol–water partition coefficient (Wildman–Crippen LogP) is 4.72. The molecule has 1 aromatic carbocycles. The van der Waals surface area contributed by atoms with E-state index in [2.05, 4.69) is 30.1 Å². The zero-order chi connectivity index (χ0) is 15.3. The molecule has 120 valence electrons. The molecule has 0 bridgehead atoms. The average molecular weight is 311 g/mol. The standard InChI is InChI=1S/C18H31ClN2/c1-3-5-12-21(13-6-4-2)14-8-11-20-16-17-9-7-10-18(19)15-17/h7,9-10,15,20H,3-6,8,11-14,16H2,1-2H3. The second-order valence-corrected chi connectivity index (χ2v) is 6.15. The third-order valence-corrected chi connectivity index (χ3v) is 3.94. The van der Waals surface area contributed by atoms with Gasteiger partial charge in [0.15, 0.2) is 0 Å². The minimum absolute atomic E-state index is 0.819. The second kappa shape index (κ2) is 12.0. The van der Waals surface area contributed by atoms with E-state index in [-0.39, 0.29) is 0 Å². The van der Waals surface area contributed by atoms with Crippen molar-refractivity contribution in [2.24, 2.45) is 0 Å². The predicted molar refractivity (Wildman–Crippen MR) is 94.0 cm³/mol. The summed E-state index contributed by atoms with van der Waals surface area (Å²) in [6, 6.07) is 8.08. The Morgan fingerprint density at radius 3 is 2.29 bits per heavy atom. The highest BCUT2D eigenvalue weighted by Crippen LogP contribution is 2.10. The van der Waals surface area contributed by atoms with Gasteiger partial charge in [-0.2, -0.15) is 0 Å². The zero-order valence-electron chi connectivity index (χ0n) is 13.7. The van der Waals surface area contributed by atoms with Crippen LogP contribution < -0.4 is 5.32 Å². The van der Waals surface area contributed by atoms with E-state index in [1.165, 1.54) is 57.3 Å². The number of hydrogen-bond donors (Lipinski definition) is 1. The number of hydrogen-bond acceptors (Lipinski definition) is 2. The number of nitrogens with one attached hydrogen (secondary N) is 1. The maximum atomic E-state index is 5.99. The average Bonchev–Trinajstić information content (AvgIpc) is 2.49. The largest absolute Gasteiger partial charge is 0.313 e. The van der Waals surface area contributed by atoms with Crippen LogP contribution in [-0.2, 0) is 6.54 Å². The molecule has 0 amide bonds.